The Balaban J connectivity index is 2.31. The van der Waals surface area contributed by atoms with Crippen LogP contribution in [0.15, 0.2) is 18.2 Å². The molecule has 5 nitrogen and oxygen atoms in total. The van der Waals surface area contributed by atoms with E-state index in [1.54, 1.807) is 14.2 Å². The Morgan fingerprint density at radius 3 is 2.58 bits per heavy atom. The molecule has 1 aromatic carbocycles. The van der Waals surface area contributed by atoms with Gasteiger partial charge in [-0.05, 0) is 43.6 Å². The van der Waals surface area contributed by atoms with E-state index in [0.29, 0.717) is 6.42 Å². The number of carbonyl (C=O) groups is 1. The van der Waals surface area contributed by atoms with Crippen molar-refractivity contribution in [3.05, 3.63) is 23.8 Å². The van der Waals surface area contributed by atoms with Gasteiger partial charge in [-0.15, -0.1) is 0 Å². The lowest BCUT2D eigenvalue weighted by molar-refractivity contribution is -0.137. The molecule has 106 valence electrons. The van der Waals surface area contributed by atoms with Gasteiger partial charge >= 0.3 is 5.97 Å². The van der Waals surface area contributed by atoms with Gasteiger partial charge in [-0.25, -0.2) is 0 Å². The summed E-state index contributed by atoms with van der Waals surface area (Å²) in [5.74, 6) is 0.702. The van der Waals surface area contributed by atoms with E-state index >= 15 is 0 Å². The highest BCUT2D eigenvalue weighted by atomic mass is 16.5. The van der Waals surface area contributed by atoms with Crippen LogP contribution in [0.5, 0.6) is 11.5 Å². The number of benzene rings is 1. The Hall–Kier alpha value is -1.75. The molecule has 0 fully saturated rings. The second-order valence-corrected chi connectivity index (χ2v) is 4.19. The summed E-state index contributed by atoms with van der Waals surface area (Å²) in [6, 6.07) is 5.84. The number of aliphatic carboxylic acids is 1. The van der Waals surface area contributed by atoms with Crippen molar-refractivity contribution < 1.29 is 19.4 Å². The molecule has 0 aliphatic heterocycles. The summed E-state index contributed by atoms with van der Waals surface area (Å²) in [6.07, 6.45) is 1.73. The molecule has 0 radical (unpaired) electrons. The molecule has 19 heavy (non-hydrogen) atoms. The molecule has 0 amide bonds. The van der Waals surface area contributed by atoms with Crippen molar-refractivity contribution in [2.24, 2.45) is 0 Å². The maximum atomic E-state index is 10.3. The largest absolute Gasteiger partial charge is 0.493 e. The second-order valence-electron chi connectivity index (χ2n) is 4.19. The summed E-state index contributed by atoms with van der Waals surface area (Å²) in [7, 11) is 3.23. The minimum absolute atomic E-state index is 0.212. The fraction of sp³-hybridized carbons (Fsp3) is 0.500. The molecule has 0 saturated heterocycles. The normalized spacial score (nSPS) is 10.2. The zero-order valence-corrected chi connectivity index (χ0v) is 11.4. The summed E-state index contributed by atoms with van der Waals surface area (Å²) in [5.41, 5.74) is 1.16. The molecular weight excluding hydrogens is 246 g/mol. The van der Waals surface area contributed by atoms with Gasteiger partial charge in [-0.1, -0.05) is 6.07 Å². The molecule has 0 atom stereocenters. The second kappa shape index (κ2) is 8.37. The van der Waals surface area contributed by atoms with Crippen LogP contribution in [0.4, 0.5) is 0 Å². The van der Waals surface area contributed by atoms with Gasteiger partial charge in [0.05, 0.1) is 14.2 Å². The van der Waals surface area contributed by atoms with Crippen LogP contribution in [-0.4, -0.2) is 38.4 Å². The lowest BCUT2D eigenvalue weighted by Gasteiger charge is -2.10. The standard InChI is InChI=1S/C14H21NO4/c1-18-12-6-5-11(10-13(12)19-2)7-9-15-8-3-4-14(16)17/h5-6,10,15H,3-4,7-9H2,1-2H3,(H,16,17). The summed E-state index contributed by atoms with van der Waals surface area (Å²) < 4.78 is 10.4. The van der Waals surface area contributed by atoms with Crippen molar-refractivity contribution >= 4 is 5.97 Å². The number of methoxy groups -OCH3 is 2. The third-order valence-electron chi connectivity index (χ3n) is 2.78. The summed E-state index contributed by atoms with van der Waals surface area (Å²) in [5, 5.41) is 11.7. The third-order valence-corrected chi connectivity index (χ3v) is 2.78. The van der Waals surface area contributed by atoms with Crippen LogP contribution >= 0.6 is 0 Å². The SMILES string of the molecule is COc1ccc(CCNCCCC(=O)O)cc1OC. The zero-order valence-electron chi connectivity index (χ0n) is 11.4. The van der Waals surface area contributed by atoms with Gasteiger partial charge in [0.25, 0.3) is 0 Å². The van der Waals surface area contributed by atoms with Crippen molar-refractivity contribution in [3.8, 4) is 11.5 Å². The minimum atomic E-state index is -0.748. The topological polar surface area (TPSA) is 67.8 Å². The maximum absolute atomic E-state index is 10.3. The molecule has 0 unspecified atom stereocenters. The monoisotopic (exact) mass is 267 g/mol. The van der Waals surface area contributed by atoms with E-state index in [9.17, 15) is 4.79 Å². The Bertz CT molecular complexity index is 406. The molecule has 0 aliphatic rings. The molecular formula is C14H21NO4. The number of hydrogen-bond acceptors (Lipinski definition) is 4. The van der Waals surface area contributed by atoms with Crippen molar-refractivity contribution in [1.82, 2.24) is 5.32 Å². The number of carboxylic acids is 1. The molecule has 0 heterocycles. The van der Waals surface area contributed by atoms with Gasteiger partial charge in [0.1, 0.15) is 0 Å². The average Bonchev–Trinajstić information content (AvgIpc) is 2.42. The van der Waals surface area contributed by atoms with Crippen LogP contribution in [0.1, 0.15) is 18.4 Å². The fourth-order valence-corrected chi connectivity index (χ4v) is 1.76. The van der Waals surface area contributed by atoms with Crippen molar-refractivity contribution in [1.29, 1.82) is 0 Å². The highest BCUT2D eigenvalue weighted by molar-refractivity contribution is 5.66. The molecule has 0 spiro atoms. The minimum Gasteiger partial charge on any atom is -0.493 e. The molecule has 0 bridgehead atoms. The van der Waals surface area contributed by atoms with E-state index < -0.39 is 5.97 Å². The Labute approximate surface area is 113 Å². The Kier molecular flexibility index (Phi) is 6.74. The Morgan fingerprint density at radius 2 is 1.95 bits per heavy atom. The number of nitrogens with one attached hydrogen (secondary N) is 1. The number of ether oxygens (including phenoxy) is 2. The predicted molar refractivity (Wildman–Crippen MR) is 73.0 cm³/mol. The summed E-state index contributed by atoms with van der Waals surface area (Å²) in [4.78, 5) is 10.3. The van der Waals surface area contributed by atoms with Gasteiger partial charge in [0, 0.05) is 6.42 Å². The summed E-state index contributed by atoms with van der Waals surface area (Å²) >= 11 is 0. The molecule has 1 rings (SSSR count). The molecule has 1 aromatic rings. The van der Waals surface area contributed by atoms with Crippen LogP contribution in [-0.2, 0) is 11.2 Å². The smallest absolute Gasteiger partial charge is 0.303 e. The lowest BCUT2D eigenvalue weighted by atomic mass is 10.1. The van der Waals surface area contributed by atoms with E-state index in [1.165, 1.54) is 0 Å². The van der Waals surface area contributed by atoms with Gasteiger partial charge in [0.15, 0.2) is 11.5 Å². The Morgan fingerprint density at radius 1 is 1.21 bits per heavy atom. The predicted octanol–water partition coefficient (Wildman–Crippen LogP) is 1.70. The van der Waals surface area contributed by atoms with Crippen LogP contribution in [0, 0.1) is 0 Å². The first-order chi connectivity index (χ1) is 9.17. The van der Waals surface area contributed by atoms with Crippen LogP contribution in [0.25, 0.3) is 0 Å². The highest BCUT2D eigenvalue weighted by Crippen LogP contribution is 2.27. The van der Waals surface area contributed by atoms with Gasteiger partial charge < -0.3 is 19.9 Å². The molecule has 5 heteroatoms. The van der Waals surface area contributed by atoms with E-state index in [0.717, 1.165) is 36.6 Å². The molecule has 2 N–H and O–H groups in total. The van der Waals surface area contributed by atoms with Gasteiger partial charge in [0.2, 0.25) is 0 Å². The quantitative estimate of drug-likeness (QED) is 0.667. The average molecular weight is 267 g/mol. The van der Waals surface area contributed by atoms with Crippen molar-refractivity contribution in [3.63, 3.8) is 0 Å². The van der Waals surface area contributed by atoms with E-state index in [2.05, 4.69) is 5.32 Å². The molecule has 0 saturated carbocycles. The van der Waals surface area contributed by atoms with E-state index in [1.807, 2.05) is 18.2 Å². The third kappa shape index (κ3) is 5.61. The number of rotatable bonds is 9. The first-order valence-electron chi connectivity index (χ1n) is 6.30. The van der Waals surface area contributed by atoms with Gasteiger partial charge in [-0.3, -0.25) is 4.79 Å². The van der Waals surface area contributed by atoms with E-state index in [-0.39, 0.29) is 6.42 Å². The highest BCUT2D eigenvalue weighted by Gasteiger charge is 2.04. The van der Waals surface area contributed by atoms with Crippen LogP contribution < -0.4 is 14.8 Å². The lowest BCUT2D eigenvalue weighted by Crippen LogP contribution is -2.19. The van der Waals surface area contributed by atoms with Crippen LogP contribution in [0.3, 0.4) is 0 Å². The molecule has 0 aromatic heterocycles. The van der Waals surface area contributed by atoms with E-state index in [4.69, 9.17) is 14.6 Å². The first kappa shape index (κ1) is 15.3. The zero-order chi connectivity index (χ0) is 14.1. The number of carboxylic acid groups (broad SMARTS) is 1. The summed E-state index contributed by atoms with van der Waals surface area (Å²) in [6.45, 7) is 1.54. The van der Waals surface area contributed by atoms with Crippen molar-refractivity contribution in [2.75, 3.05) is 27.3 Å². The fourth-order valence-electron chi connectivity index (χ4n) is 1.76. The van der Waals surface area contributed by atoms with Crippen molar-refractivity contribution in [2.45, 2.75) is 19.3 Å². The molecule has 0 aliphatic carbocycles. The first-order valence-corrected chi connectivity index (χ1v) is 6.30. The van der Waals surface area contributed by atoms with Gasteiger partial charge in [-0.2, -0.15) is 0 Å². The number of hydrogen-bond donors (Lipinski definition) is 2. The van der Waals surface area contributed by atoms with Crippen LogP contribution in [0.2, 0.25) is 0 Å². The maximum Gasteiger partial charge on any atom is 0.303 e.